The van der Waals surface area contributed by atoms with Crippen molar-refractivity contribution in [3.63, 3.8) is 0 Å². The molecule has 1 aliphatic heterocycles. The summed E-state index contributed by atoms with van der Waals surface area (Å²) in [5.41, 5.74) is 1.05. The molecule has 0 atom stereocenters. The zero-order valence-corrected chi connectivity index (χ0v) is 18.6. The fraction of sp³-hybridized carbons (Fsp3) is 0.632. The molecule has 7 heteroatoms. The highest BCUT2D eigenvalue weighted by Gasteiger charge is 2.32. The maximum Gasteiger partial charge on any atom is 0.191 e. The molecule has 0 fully saturated rings. The second-order valence-corrected chi connectivity index (χ2v) is 6.61. The largest absolute Gasteiger partial charge is 0.488 e. The molecule has 2 rings (SSSR count). The molecule has 0 amide bonds. The van der Waals surface area contributed by atoms with E-state index in [-0.39, 0.29) is 29.6 Å². The zero-order chi connectivity index (χ0) is 18.1. The highest BCUT2D eigenvalue weighted by atomic mass is 127. The number of guanidine groups is 1. The summed E-state index contributed by atoms with van der Waals surface area (Å²) in [4.78, 5) is 4.20. The molecule has 0 radical (unpaired) electrons. The van der Waals surface area contributed by atoms with Crippen LogP contribution >= 0.6 is 24.0 Å². The minimum Gasteiger partial charge on any atom is -0.488 e. The van der Waals surface area contributed by atoms with Gasteiger partial charge in [0.1, 0.15) is 12.2 Å². The summed E-state index contributed by atoms with van der Waals surface area (Å²) in [5, 5.41) is 6.50. The first-order valence-corrected chi connectivity index (χ1v) is 9.01. The summed E-state index contributed by atoms with van der Waals surface area (Å²) in [5.74, 6) is 2.46. The highest BCUT2D eigenvalue weighted by molar-refractivity contribution is 14.0. The third kappa shape index (κ3) is 7.19. The molecule has 148 valence electrons. The number of para-hydroxylation sites is 1. The van der Waals surface area contributed by atoms with Crippen molar-refractivity contribution >= 4 is 29.9 Å². The first-order chi connectivity index (χ1) is 12.1. The first kappa shape index (κ1) is 22.8. The minimum absolute atomic E-state index is 0. The van der Waals surface area contributed by atoms with Gasteiger partial charge in [0.15, 0.2) is 17.5 Å². The van der Waals surface area contributed by atoms with Crippen molar-refractivity contribution in [1.29, 1.82) is 0 Å². The number of nitrogens with zero attached hydrogens (tertiary/aromatic N) is 1. The van der Waals surface area contributed by atoms with E-state index in [1.807, 2.05) is 19.1 Å². The molecule has 0 unspecified atom stereocenters. The summed E-state index contributed by atoms with van der Waals surface area (Å²) >= 11 is 0. The Kier molecular flexibility index (Phi) is 10.1. The molecule has 0 bridgehead atoms. The van der Waals surface area contributed by atoms with Gasteiger partial charge in [0.25, 0.3) is 0 Å². The van der Waals surface area contributed by atoms with Crippen LogP contribution in [0.1, 0.15) is 32.8 Å². The number of rotatable bonds is 9. The lowest BCUT2D eigenvalue weighted by Gasteiger charge is -2.18. The van der Waals surface area contributed by atoms with E-state index in [0.717, 1.165) is 50.1 Å². The molecule has 0 saturated carbocycles. The van der Waals surface area contributed by atoms with Gasteiger partial charge in [-0.15, -0.1) is 24.0 Å². The maximum absolute atomic E-state index is 6.02. The lowest BCUT2D eigenvalue weighted by Crippen LogP contribution is -2.39. The molecule has 0 spiro atoms. The number of aliphatic imine (C=N–C) groups is 1. The molecule has 6 nitrogen and oxygen atoms in total. The maximum atomic E-state index is 6.02. The normalized spacial score (nSPS) is 14.8. The molecular weight excluding hydrogens is 445 g/mol. The van der Waals surface area contributed by atoms with Crippen molar-refractivity contribution in [1.82, 2.24) is 10.6 Å². The number of ether oxygens (including phenoxy) is 3. The van der Waals surface area contributed by atoms with Crippen LogP contribution in [0, 0.1) is 0 Å². The van der Waals surface area contributed by atoms with Crippen LogP contribution in [0.5, 0.6) is 11.5 Å². The topological polar surface area (TPSA) is 64.1 Å². The Morgan fingerprint density at radius 3 is 2.73 bits per heavy atom. The number of hydrogen-bond acceptors (Lipinski definition) is 4. The van der Waals surface area contributed by atoms with Gasteiger partial charge in [-0.05, 0) is 33.3 Å². The van der Waals surface area contributed by atoms with Crippen LogP contribution in [0.2, 0.25) is 0 Å². The summed E-state index contributed by atoms with van der Waals surface area (Å²) in [7, 11) is 1.76. The quantitative estimate of drug-likeness (QED) is 0.248. The van der Waals surface area contributed by atoms with Gasteiger partial charge in [0, 0.05) is 38.8 Å². The van der Waals surface area contributed by atoms with Gasteiger partial charge in [-0.1, -0.05) is 12.1 Å². The number of fused-ring (bicyclic) bond motifs is 1. The standard InChI is InChI=1S/C19H31N3O3.HI/c1-5-23-12-7-10-21-18(20-4)22-11-13-24-16-9-6-8-15-14-19(2,3)25-17(15)16;/h6,8-9H,5,7,10-14H2,1-4H3,(H2,20,21,22);1H. The van der Waals surface area contributed by atoms with E-state index in [1.165, 1.54) is 5.56 Å². The van der Waals surface area contributed by atoms with Gasteiger partial charge in [0.2, 0.25) is 0 Å². The molecule has 0 saturated heterocycles. The van der Waals surface area contributed by atoms with Crippen molar-refractivity contribution in [3.8, 4) is 11.5 Å². The average Bonchev–Trinajstić information content (AvgIpc) is 2.91. The highest BCUT2D eigenvalue weighted by Crippen LogP contribution is 2.41. The van der Waals surface area contributed by atoms with Crippen LogP contribution in [0.15, 0.2) is 23.2 Å². The Balaban J connectivity index is 0.00000338. The second kappa shape index (κ2) is 11.5. The molecule has 1 aliphatic rings. The van der Waals surface area contributed by atoms with Crippen molar-refractivity contribution in [2.24, 2.45) is 4.99 Å². The number of halogens is 1. The van der Waals surface area contributed by atoms with Crippen LogP contribution in [0.4, 0.5) is 0 Å². The Bertz CT molecular complexity index is 579. The molecule has 0 aliphatic carbocycles. The second-order valence-electron chi connectivity index (χ2n) is 6.61. The van der Waals surface area contributed by atoms with Gasteiger partial charge < -0.3 is 24.8 Å². The monoisotopic (exact) mass is 477 g/mol. The van der Waals surface area contributed by atoms with Gasteiger partial charge in [-0.3, -0.25) is 4.99 Å². The lowest BCUT2D eigenvalue weighted by atomic mass is 10.0. The van der Waals surface area contributed by atoms with Gasteiger partial charge in [0.05, 0.1) is 6.54 Å². The van der Waals surface area contributed by atoms with Crippen LogP contribution in [-0.4, -0.2) is 51.5 Å². The Labute approximate surface area is 174 Å². The van der Waals surface area contributed by atoms with Crippen LogP contribution in [0.3, 0.4) is 0 Å². The summed E-state index contributed by atoms with van der Waals surface area (Å²) < 4.78 is 17.2. The number of nitrogens with one attached hydrogen (secondary N) is 2. The molecule has 1 aromatic rings. The van der Waals surface area contributed by atoms with E-state index in [1.54, 1.807) is 7.05 Å². The smallest absolute Gasteiger partial charge is 0.191 e. The van der Waals surface area contributed by atoms with E-state index in [4.69, 9.17) is 14.2 Å². The van der Waals surface area contributed by atoms with E-state index in [9.17, 15) is 0 Å². The van der Waals surface area contributed by atoms with Gasteiger partial charge in [-0.2, -0.15) is 0 Å². The fourth-order valence-electron chi connectivity index (χ4n) is 2.78. The van der Waals surface area contributed by atoms with Crippen molar-refractivity contribution in [2.45, 2.75) is 39.2 Å². The predicted molar refractivity (Wildman–Crippen MR) is 116 cm³/mol. The van der Waals surface area contributed by atoms with Crippen LogP contribution in [-0.2, 0) is 11.2 Å². The molecule has 1 heterocycles. The van der Waals surface area contributed by atoms with Crippen molar-refractivity contribution < 1.29 is 14.2 Å². The number of benzene rings is 1. The van der Waals surface area contributed by atoms with Crippen LogP contribution in [0.25, 0.3) is 0 Å². The summed E-state index contributed by atoms with van der Waals surface area (Å²) in [6.45, 7) is 9.75. The fourth-order valence-corrected chi connectivity index (χ4v) is 2.78. The first-order valence-electron chi connectivity index (χ1n) is 9.01. The van der Waals surface area contributed by atoms with Crippen molar-refractivity contribution in [3.05, 3.63) is 23.8 Å². The minimum atomic E-state index is -0.159. The van der Waals surface area contributed by atoms with Gasteiger partial charge >= 0.3 is 0 Å². The van der Waals surface area contributed by atoms with Crippen molar-refractivity contribution in [2.75, 3.05) is 40.0 Å². The SMILES string of the molecule is CCOCCCNC(=NC)NCCOc1cccc2c1OC(C)(C)C2.I. The van der Waals surface area contributed by atoms with Crippen LogP contribution < -0.4 is 20.1 Å². The molecule has 0 aromatic heterocycles. The molecule has 1 aromatic carbocycles. The lowest BCUT2D eigenvalue weighted by molar-refractivity contribution is 0.132. The average molecular weight is 477 g/mol. The van der Waals surface area contributed by atoms with E-state index in [0.29, 0.717) is 13.2 Å². The Morgan fingerprint density at radius 2 is 2.00 bits per heavy atom. The predicted octanol–water partition coefficient (Wildman–Crippen LogP) is 2.99. The third-order valence-electron chi connectivity index (χ3n) is 3.89. The van der Waals surface area contributed by atoms with Gasteiger partial charge in [-0.25, -0.2) is 0 Å². The van der Waals surface area contributed by atoms with E-state index < -0.39 is 0 Å². The summed E-state index contributed by atoms with van der Waals surface area (Å²) in [6, 6.07) is 6.08. The summed E-state index contributed by atoms with van der Waals surface area (Å²) in [6.07, 6.45) is 1.87. The number of hydrogen-bond donors (Lipinski definition) is 2. The van der Waals surface area contributed by atoms with E-state index >= 15 is 0 Å². The zero-order valence-electron chi connectivity index (χ0n) is 16.3. The molecule has 26 heavy (non-hydrogen) atoms. The Morgan fingerprint density at radius 1 is 1.23 bits per heavy atom. The molecule has 2 N–H and O–H groups in total. The van der Waals surface area contributed by atoms with E-state index in [2.05, 4.69) is 35.5 Å². The molecular formula is C19H32IN3O3. The third-order valence-corrected chi connectivity index (χ3v) is 3.89. The Hall–Kier alpha value is -1.22.